The van der Waals surface area contributed by atoms with Crippen LogP contribution in [0.3, 0.4) is 0 Å². The summed E-state index contributed by atoms with van der Waals surface area (Å²) in [6.07, 6.45) is 1.96. The number of nitrogens with one attached hydrogen (secondary N) is 1. The molecule has 0 bridgehead atoms. The molecule has 0 aliphatic carbocycles. The first kappa shape index (κ1) is 28.0. The van der Waals surface area contributed by atoms with Crippen molar-refractivity contribution in [3.05, 3.63) is 89.5 Å². The average Bonchev–Trinajstić information content (AvgIpc) is 3.50. The van der Waals surface area contributed by atoms with E-state index < -0.39 is 6.04 Å². The fraction of sp³-hybridized carbons (Fsp3) is 0.355. The first-order valence-electron chi connectivity index (χ1n) is 13.1. The van der Waals surface area contributed by atoms with Crippen LogP contribution in [0.2, 0.25) is 0 Å². The van der Waals surface area contributed by atoms with Gasteiger partial charge in [0.15, 0.2) is 11.5 Å². The Morgan fingerprint density at radius 1 is 0.923 bits per heavy atom. The monoisotopic (exact) mass is 532 g/mol. The molecule has 0 saturated carbocycles. The molecule has 0 aromatic heterocycles. The second kappa shape index (κ2) is 13.7. The fourth-order valence-corrected chi connectivity index (χ4v) is 4.74. The van der Waals surface area contributed by atoms with Gasteiger partial charge in [-0.2, -0.15) is 0 Å². The van der Waals surface area contributed by atoms with Crippen LogP contribution in [0.5, 0.6) is 17.2 Å². The number of rotatable bonds is 12. The zero-order chi connectivity index (χ0) is 27.6. The summed E-state index contributed by atoms with van der Waals surface area (Å²) < 4.78 is 21.8. The molecule has 2 atom stereocenters. The molecule has 3 aromatic rings. The van der Waals surface area contributed by atoms with Crippen LogP contribution in [0.25, 0.3) is 0 Å². The Morgan fingerprint density at radius 3 is 2.28 bits per heavy atom. The highest BCUT2D eigenvalue weighted by Crippen LogP contribution is 2.30. The molecule has 39 heavy (non-hydrogen) atoms. The predicted molar refractivity (Wildman–Crippen MR) is 148 cm³/mol. The highest BCUT2D eigenvalue weighted by atomic mass is 16.5. The van der Waals surface area contributed by atoms with Crippen LogP contribution in [0.15, 0.2) is 72.8 Å². The number of carbonyl (C=O) groups excluding carboxylic acids is 2. The first-order chi connectivity index (χ1) is 19.0. The number of methoxy groups -OCH3 is 3. The third kappa shape index (κ3) is 7.29. The van der Waals surface area contributed by atoms with Crippen LogP contribution in [0.4, 0.5) is 0 Å². The number of hydrogen-bond donors (Lipinski definition) is 1. The van der Waals surface area contributed by atoms with E-state index in [4.69, 9.17) is 18.9 Å². The average molecular weight is 533 g/mol. The van der Waals surface area contributed by atoms with Gasteiger partial charge in [0.2, 0.25) is 11.8 Å². The van der Waals surface area contributed by atoms with Crippen LogP contribution in [0.1, 0.15) is 35.6 Å². The van der Waals surface area contributed by atoms with E-state index in [2.05, 4.69) is 5.32 Å². The van der Waals surface area contributed by atoms with Crippen molar-refractivity contribution in [1.29, 1.82) is 0 Å². The number of hydrogen-bond acceptors (Lipinski definition) is 6. The lowest BCUT2D eigenvalue weighted by Gasteiger charge is -2.32. The number of amides is 2. The van der Waals surface area contributed by atoms with Crippen molar-refractivity contribution in [2.24, 2.45) is 0 Å². The maximum Gasteiger partial charge on any atom is 0.247 e. The normalized spacial score (nSPS) is 15.3. The van der Waals surface area contributed by atoms with E-state index in [1.807, 2.05) is 60.7 Å². The Morgan fingerprint density at radius 2 is 1.64 bits per heavy atom. The Labute approximate surface area is 229 Å². The van der Waals surface area contributed by atoms with Crippen LogP contribution in [-0.2, 0) is 27.3 Å². The van der Waals surface area contributed by atoms with E-state index in [9.17, 15) is 9.59 Å². The van der Waals surface area contributed by atoms with Gasteiger partial charge in [-0.25, -0.2) is 0 Å². The standard InChI is InChI=1S/C31H36N2O6/c1-36-25-14-11-22(12-15-25)21-33(29(34)19-23-13-16-27(37-2)28(18-23)38-3)30(24-8-5-4-6-9-24)31(35)32-20-26-10-7-17-39-26/h4-6,8-9,11-16,18,26,30H,7,10,17,19-21H2,1-3H3,(H,32,35)/t26-,30+/m0/s1. The molecule has 0 radical (unpaired) electrons. The summed E-state index contributed by atoms with van der Waals surface area (Å²) in [5.41, 5.74) is 2.37. The van der Waals surface area contributed by atoms with Gasteiger partial charge >= 0.3 is 0 Å². The molecule has 1 saturated heterocycles. The Kier molecular flexibility index (Phi) is 9.80. The molecule has 4 rings (SSSR count). The lowest BCUT2D eigenvalue weighted by molar-refractivity contribution is -0.141. The molecule has 8 nitrogen and oxygen atoms in total. The summed E-state index contributed by atoms with van der Waals surface area (Å²) >= 11 is 0. The van der Waals surface area contributed by atoms with Gasteiger partial charge in [-0.05, 0) is 53.8 Å². The Balaban J connectivity index is 1.66. The zero-order valence-corrected chi connectivity index (χ0v) is 22.7. The van der Waals surface area contributed by atoms with E-state index in [0.29, 0.717) is 24.7 Å². The summed E-state index contributed by atoms with van der Waals surface area (Å²) in [7, 11) is 4.74. The predicted octanol–water partition coefficient (Wildman–Crippen LogP) is 4.32. The number of ether oxygens (including phenoxy) is 4. The minimum Gasteiger partial charge on any atom is -0.497 e. The number of carbonyl (C=O) groups is 2. The van der Waals surface area contributed by atoms with Crippen LogP contribution >= 0.6 is 0 Å². The smallest absolute Gasteiger partial charge is 0.247 e. The molecule has 2 amide bonds. The van der Waals surface area contributed by atoms with E-state index >= 15 is 0 Å². The van der Waals surface area contributed by atoms with Gasteiger partial charge in [-0.3, -0.25) is 9.59 Å². The topological polar surface area (TPSA) is 86.3 Å². The van der Waals surface area contributed by atoms with Crippen LogP contribution in [-0.4, -0.2) is 57.3 Å². The quantitative estimate of drug-likeness (QED) is 0.374. The minimum atomic E-state index is -0.831. The fourth-order valence-electron chi connectivity index (χ4n) is 4.74. The molecule has 0 spiro atoms. The summed E-state index contributed by atoms with van der Waals surface area (Å²) in [6, 6.07) is 21.5. The van der Waals surface area contributed by atoms with E-state index in [-0.39, 0.29) is 30.9 Å². The van der Waals surface area contributed by atoms with E-state index in [1.54, 1.807) is 38.4 Å². The molecular formula is C31H36N2O6. The molecule has 8 heteroatoms. The highest BCUT2D eigenvalue weighted by molar-refractivity contribution is 5.89. The summed E-state index contributed by atoms with van der Waals surface area (Å²) in [4.78, 5) is 29.4. The number of benzene rings is 3. The zero-order valence-electron chi connectivity index (χ0n) is 22.7. The second-order valence-corrected chi connectivity index (χ2v) is 9.43. The van der Waals surface area contributed by atoms with Gasteiger partial charge < -0.3 is 29.2 Å². The van der Waals surface area contributed by atoms with Gasteiger partial charge in [0.05, 0.1) is 33.9 Å². The highest BCUT2D eigenvalue weighted by Gasteiger charge is 2.32. The largest absolute Gasteiger partial charge is 0.497 e. The molecule has 1 fully saturated rings. The molecule has 1 aliphatic rings. The van der Waals surface area contributed by atoms with Crippen molar-refractivity contribution in [1.82, 2.24) is 10.2 Å². The Hall–Kier alpha value is -4.04. The van der Waals surface area contributed by atoms with Crippen molar-refractivity contribution < 1.29 is 28.5 Å². The summed E-state index contributed by atoms with van der Waals surface area (Å²) in [5.74, 6) is 1.40. The van der Waals surface area contributed by atoms with Crippen LogP contribution in [0, 0.1) is 0 Å². The molecule has 0 unspecified atom stereocenters. The van der Waals surface area contributed by atoms with Crippen LogP contribution < -0.4 is 19.5 Å². The third-order valence-corrected chi connectivity index (χ3v) is 6.84. The van der Waals surface area contributed by atoms with E-state index in [0.717, 1.165) is 35.3 Å². The van der Waals surface area contributed by atoms with E-state index in [1.165, 1.54) is 0 Å². The molecule has 1 N–H and O–H groups in total. The second-order valence-electron chi connectivity index (χ2n) is 9.43. The lowest BCUT2D eigenvalue weighted by Crippen LogP contribution is -2.45. The third-order valence-electron chi connectivity index (χ3n) is 6.84. The van der Waals surface area contributed by atoms with Crippen molar-refractivity contribution in [2.45, 2.75) is 38.0 Å². The maximum absolute atomic E-state index is 14.0. The summed E-state index contributed by atoms with van der Waals surface area (Å²) in [5, 5.41) is 3.05. The van der Waals surface area contributed by atoms with Gasteiger partial charge in [0.1, 0.15) is 11.8 Å². The van der Waals surface area contributed by atoms with Crippen molar-refractivity contribution in [2.75, 3.05) is 34.5 Å². The molecule has 206 valence electrons. The van der Waals surface area contributed by atoms with Gasteiger partial charge in [-0.15, -0.1) is 0 Å². The lowest BCUT2D eigenvalue weighted by atomic mass is 10.0. The van der Waals surface area contributed by atoms with Gasteiger partial charge in [-0.1, -0.05) is 48.5 Å². The number of nitrogens with zero attached hydrogens (tertiary/aromatic N) is 1. The van der Waals surface area contributed by atoms with Gasteiger partial charge in [0.25, 0.3) is 0 Å². The van der Waals surface area contributed by atoms with Crippen molar-refractivity contribution in [3.8, 4) is 17.2 Å². The molecule has 1 aliphatic heterocycles. The maximum atomic E-state index is 14.0. The first-order valence-corrected chi connectivity index (χ1v) is 13.1. The summed E-state index contributed by atoms with van der Waals surface area (Å²) in [6.45, 7) is 1.35. The SMILES string of the molecule is COc1ccc(CN(C(=O)Cc2ccc(OC)c(OC)c2)[C@@H](C(=O)NC[C@@H]2CCCO2)c2ccccc2)cc1. The molecule has 1 heterocycles. The van der Waals surface area contributed by atoms with Crippen molar-refractivity contribution in [3.63, 3.8) is 0 Å². The molecule has 3 aromatic carbocycles. The van der Waals surface area contributed by atoms with Gasteiger partial charge in [0, 0.05) is 19.7 Å². The van der Waals surface area contributed by atoms with Crippen molar-refractivity contribution >= 4 is 11.8 Å². The molecular weight excluding hydrogens is 496 g/mol. The Bertz CT molecular complexity index is 1230. The minimum absolute atomic E-state index is 0.0112.